The van der Waals surface area contributed by atoms with Gasteiger partial charge in [-0.15, -0.1) is 0 Å². The summed E-state index contributed by atoms with van der Waals surface area (Å²) in [5.74, 6) is 1.38. The van der Waals surface area contributed by atoms with Crippen molar-refractivity contribution >= 4 is 17.5 Å². The Hall–Kier alpha value is -4.45. The number of aliphatic imine (C=N–C) groups is 1. The molecule has 0 aliphatic rings. The fourth-order valence-corrected chi connectivity index (χ4v) is 2.87. The Morgan fingerprint density at radius 3 is 2.76 bits per heavy atom. The molecular weight excluding hydrogens is 421 g/mol. The summed E-state index contributed by atoms with van der Waals surface area (Å²) in [6, 6.07) is 13.5. The van der Waals surface area contributed by atoms with Crippen molar-refractivity contribution in [2.24, 2.45) is 4.99 Å². The number of pyridine rings is 2. The highest BCUT2D eigenvalue weighted by atomic mass is 19.1. The molecule has 0 spiro atoms. The molecule has 9 heteroatoms. The zero-order valence-corrected chi connectivity index (χ0v) is 18.4. The van der Waals surface area contributed by atoms with Crippen molar-refractivity contribution in [3.63, 3.8) is 0 Å². The Morgan fingerprint density at radius 2 is 2.06 bits per heavy atom. The Morgan fingerprint density at radius 1 is 1.21 bits per heavy atom. The molecule has 0 bridgehead atoms. The molecule has 3 aromatic rings. The molecule has 0 aliphatic carbocycles. The van der Waals surface area contributed by atoms with Crippen LogP contribution < -0.4 is 20.9 Å². The minimum Gasteiger partial charge on any atom is -0.492 e. The van der Waals surface area contributed by atoms with E-state index in [4.69, 9.17) is 4.74 Å². The first-order valence-corrected chi connectivity index (χ1v) is 10.2. The van der Waals surface area contributed by atoms with Crippen molar-refractivity contribution in [2.75, 3.05) is 18.5 Å². The van der Waals surface area contributed by atoms with E-state index in [1.54, 1.807) is 43.6 Å². The summed E-state index contributed by atoms with van der Waals surface area (Å²) >= 11 is 0. The Bertz CT molecular complexity index is 1190. The highest BCUT2D eigenvalue weighted by molar-refractivity contribution is 5.84. The quantitative estimate of drug-likeness (QED) is 0.195. The standard InChI is InChI=1S/C24H24FN7O/c1-16(2)31-32-17(3)29-23-13-21(18-6-5-9-27-15-18)22(14-26)24(30-23)28-10-11-33-20-8-4-7-19(25)12-20/h4-9,12-13,15,31H,1,10-11H2,2-3H3,(H2,28,29,30,32). The van der Waals surface area contributed by atoms with E-state index in [2.05, 4.69) is 43.8 Å². The third-order valence-corrected chi connectivity index (χ3v) is 4.29. The maximum Gasteiger partial charge on any atom is 0.157 e. The van der Waals surface area contributed by atoms with E-state index in [-0.39, 0.29) is 12.4 Å². The van der Waals surface area contributed by atoms with Crippen LogP contribution in [0.3, 0.4) is 0 Å². The van der Waals surface area contributed by atoms with Gasteiger partial charge < -0.3 is 15.5 Å². The molecule has 33 heavy (non-hydrogen) atoms. The lowest BCUT2D eigenvalue weighted by Gasteiger charge is -2.14. The summed E-state index contributed by atoms with van der Waals surface area (Å²) in [5.41, 5.74) is 8.31. The Balaban J connectivity index is 1.86. The van der Waals surface area contributed by atoms with Crippen LogP contribution in [0.4, 0.5) is 16.0 Å². The molecule has 3 rings (SSSR count). The summed E-state index contributed by atoms with van der Waals surface area (Å²) in [7, 11) is 0. The molecular formula is C24H24FN7O. The van der Waals surface area contributed by atoms with Gasteiger partial charge in [0.2, 0.25) is 0 Å². The van der Waals surface area contributed by atoms with Gasteiger partial charge in [0.15, 0.2) is 5.82 Å². The van der Waals surface area contributed by atoms with Crippen molar-refractivity contribution in [3.8, 4) is 22.9 Å². The fraction of sp³-hybridized carbons (Fsp3) is 0.167. The Kier molecular flexibility index (Phi) is 7.91. The number of anilines is 1. The maximum absolute atomic E-state index is 13.3. The normalized spacial score (nSPS) is 10.8. The fourth-order valence-electron chi connectivity index (χ4n) is 2.87. The van der Waals surface area contributed by atoms with Gasteiger partial charge in [-0.3, -0.25) is 10.4 Å². The molecule has 3 N–H and O–H groups in total. The van der Waals surface area contributed by atoms with Gasteiger partial charge in [0, 0.05) is 35.3 Å². The topological polar surface area (TPSA) is 107 Å². The second-order valence-corrected chi connectivity index (χ2v) is 7.07. The average molecular weight is 446 g/mol. The zero-order valence-electron chi connectivity index (χ0n) is 18.4. The van der Waals surface area contributed by atoms with Crippen molar-refractivity contribution < 1.29 is 9.13 Å². The number of benzene rings is 1. The molecule has 168 valence electrons. The van der Waals surface area contributed by atoms with E-state index in [1.165, 1.54) is 12.1 Å². The summed E-state index contributed by atoms with van der Waals surface area (Å²) in [5, 5.41) is 13.0. The molecule has 0 saturated carbocycles. The SMILES string of the molecule is C=C(C)NNC(C)=Nc1cc(-c2cccnc2)c(C#N)c(NCCOc2cccc(F)c2)n1. The number of nitrogens with zero attached hydrogens (tertiary/aromatic N) is 4. The predicted octanol–water partition coefficient (Wildman–Crippen LogP) is 4.32. The minimum absolute atomic E-state index is 0.245. The number of ether oxygens (including phenoxy) is 1. The second kappa shape index (κ2) is 11.2. The predicted molar refractivity (Wildman–Crippen MR) is 126 cm³/mol. The van der Waals surface area contributed by atoms with Gasteiger partial charge in [-0.2, -0.15) is 5.26 Å². The number of aromatic nitrogens is 2. The number of nitriles is 1. The number of hydrogen-bond donors (Lipinski definition) is 3. The van der Waals surface area contributed by atoms with E-state index < -0.39 is 0 Å². The van der Waals surface area contributed by atoms with Crippen LogP contribution in [0.1, 0.15) is 19.4 Å². The molecule has 0 fully saturated rings. The molecule has 1 aromatic carbocycles. The van der Waals surface area contributed by atoms with Crippen LogP contribution in [0.5, 0.6) is 5.75 Å². The van der Waals surface area contributed by atoms with Gasteiger partial charge >= 0.3 is 0 Å². The molecule has 0 amide bonds. The number of allylic oxidation sites excluding steroid dienone is 1. The highest BCUT2D eigenvalue weighted by Gasteiger charge is 2.14. The lowest BCUT2D eigenvalue weighted by Crippen LogP contribution is -2.33. The summed E-state index contributed by atoms with van der Waals surface area (Å²) < 4.78 is 18.9. The molecule has 0 aliphatic heterocycles. The van der Waals surface area contributed by atoms with Crippen LogP contribution in [0.2, 0.25) is 0 Å². The first kappa shape index (κ1) is 23.2. The van der Waals surface area contributed by atoms with Crippen molar-refractivity contribution in [1.29, 1.82) is 5.26 Å². The second-order valence-electron chi connectivity index (χ2n) is 7.07. The lowest BCUT2D eigenvalue weighted by molar-refractivity contribution is 0.331. The molecule has 2 heterocycles. The maximum atomic E-state index is 13.3. The number of hydrazine groups is 1. The van der Waals surface area contributed by atoms with Gasteiger partial charge in [-0.25, -0.2) is 14.4 Å². The van der Waals surface area contributed by atoms with Crippen molar-refractivity contribution in [1.82, 2.24) is 20.8 Å². The smallest absolute Gasteiger partial charge is 0.157 e. The van der Waals surface area contributed by atoms with Crippen LogP contribution in [-0.2, 0) is 0 Å². The third kappa shape index (κ3) is 6.77. The van der Waals surface area contributed by atoms with Gasteiger partial charge in [-0.05, 0) is 38.1 Å². The molecule has 2 aromatic heterocycles. The number of halogens is 1. The summed E-state index contributed by atoms with van der Waals surface area (Å²) in [6.07, 6.45) is 3.34. The van der Waals surface area contributed by atoms with Crippen molar-refractivity contribution in [3.05, 3.63) is 78.5 Å². The van der Waals surface area contributed by atoms with E-state index in [0.717, 1.165) is 11.3 Å². The largest absolute Gasteiger partial charge is 0.492 e. The van der Waals surface area contributed by atoms with Gasteiger partial charge in [0.25, 0.3) is 0 Å². The number of hydrogen-bond acceptors (Lipinski definition) is 7. The first-order valence-electron chi connectivity index (χ1n) is 10.2. The monoisotopic (exact) mass is 445 g/mol. The van der Waals surface area contributed by atoms with Gasteiger partial charge in [0.1, 0.15) is 41.5 Å². The van der Waals surface area contributed by atoms with Crippen LogP contribution in [0, 0.1) is 17.1 Å². The van der Waals surface area contributed by atoms with Crippen LogP contribution >= 0.6 is 0 Å². The number of nitrogens with one attached hydrogen (secondary N) is 3. The van der Waals surface area contributed by atoms with Gasteiger partial charge in [0.05, 0.1) is 6.54 Å². The van der Waals surface area contributed by atoms with Crippen LogP contribution in [-0.4, -0.2) is 29.0 Å². The highest BCUT2D eigenvalue weighted by Crippen LogP contribution is 2.31. The average Bonchev–Trinajstić information content (AvgIpc) is 2.81. The van der Waals surface area contributed by atoms with E-state index in [1.807, 2.05) is 13.0 Å². The Labute approximate surface area is 191 Å². The van der Waals surface area contributed by atoms with E-state index >= 15 is 0 Å². The lowest BCUT2D eigenvalue weighted by atomic mass is 10.0. The van der Waals surface area contributed by atoms with Crippen LogP contribution in [0.25, 0.3) is 11.1 Å². The van der Waals surface area contributed by atoms with Gasteiger partial charge in [-0.1, -0.05) is 18.7 Å². The molecule has 8 nitrogen and oxygen atoms in total. The number of rotatable bonds is 9. The molecule has 0 unspecified atom stereocenters. The van der Waals surface area contributed by atoms with Crippen molar-refractivity contribution in [2.45, 2.75) is 13.8 Å². The first-order chi connectivity index (χ1) is 16.0. The molecule has 0 atom stereocenters. The van der Waals surface area contributed by atoms with Crippen LogP contribution in [0.15, 0.2) is 72.1 Å². The van der Waals surface area contributed by atoms with E-state index in [0.29, 0.717) is 40.9 Å². The minimum atomic E-state index is -0.370. The third-order valence-electron chi connectivity index (χ3n) is 4.29. The number of amidine groups is 1. The summed E-state index contributed by atoms with van der Waals surface area (Å²) in [4.78, 5) is 13.1. The van der Waals surface area contributed by atoms with E-state index in [9.17, 15) is 9.65 Å². The molecule has 0 saturated heterocycles. The zero-order chi connectivity index (χ0) is 23.6. The summed E-state index contributed by atoms with van der Waals surface area (Å²) in [6.45, 7) is 7.94. The molecule has 0 radical (unpaired) electrons.